The van der Waals surface area contributed by atoms with Crippen LogP contribution in [0.4, 0.5) is 10.5 Å². The molecule has 0 aromatic heterocycles. The van der Waals surface area contributed by atoms with Gasteiger partial charge in [-0.25, -0.2) is 0 Å². The number of benzene rings is 3. The number of thioether (sulfide) groups is 1. The fourth-order valence-electron chi connectivity index (χ4n) is 3.47. The highest BCUT2D eigenvalue weighted by atomic mass is 32.2. The molecular formula is C23H18N2O6S. The first-order chi connectivity index (χ1) is 15.4. The maximum Gasteiger partial charge on any atom is 0.293 e. The summed E-state index contributed by atoms with van der Waals surface area (Å²) in [6, 6.07) is 15.2. The van der Waals surface area contributed by atoms with E-state index in [1.165, 1.54) is 25.3 Å². The van der Waals surface area contributed by atoms with Crippen LogP contribution in [-0.2, 0) is 11.3 Å². The van der Waals surface area contributed by atoms with Crippen molar-refractivity contribution in [1.82, 2.24) is 4.90 Å². The molecule has 162 valence electrons. The Balaban J connectivity index is 1.71. The highest BCUT2D eigenvalue weighted by Gasteiger charge is 2.35. The number of fused-ring (bicyclic) bond motifs is 1. The molecule has 1 aliphatic rings. The average Bonchev–Trinajstić information content (AvgIpc) is 3.06. The first-order valence-corrected chi connectivity index (χ1v) is 10.4. The van der Waals surface area contributed by atoms with Gasteiger partial charge in [0.25, 0.3) is 16.8 Å². The smallest absolute Gasteiger partial charge is 0.293 e. The maximum atomic E-state index is 13.0. The van der Waals surface area contributed by atoms with Crippen molar-refractivity contribution in [3.63, 3.8) is 0 Å². The minimum Gasteiger partial charge on any atom is -0.497 e. The monoisotopic (exact) mass is 450 g/mol. The number of carbonyl (C=O) groups excluding carboxylic acids is 2. The zero-order valence-electron chi connectivity index (χ0n) is 17.2. The molecule has 1 saturated heterocycles. The lowest BCUT2D eigenvalue weighted by Gasteiger charge is -2.13. The van der Waals surface area contributed by atoms with E-state index in [0.717, 1.165) is 27.4 Å². The Hall–Kier alpha value is -3.85. The van der Waals surface area contributed by atoms with Gasteiger partial charge in [0.15, 0.2) is 0 Å². The molecule has 8 nitrogen and oxygen atoms in total. The van der Waals surface area contributed by atoms with Gasteiger partial charge in [-0.1, -0.05) is 24.3 Å². The summed E-state index contributed by atoms with van der Waals surface area (Å²) in [7, 11) is 3.10. The van der Waals surface area contributed by atoms with E-state index in [4.69, 9.17) is 9.47 Å². The molecule has 0 spiro atoms. The van der Waals surface area contributed by atoms with Gasteiger partial charge in [-0.05, 0) is 52.4 Å². The third-order valence-corrected chi connectivity index (χ3v) is 5.97. The molecule has 2 amide bonds. The quantitative estimate of drug-likeness (QED) is 0.296. The van der Waals surface area contributed by atoms with E-state index >= 15 is 0 Å². The molecule has 0 atom stereocenters. The lowest BCUT2D eigenvalue weighted by Crippen LogP contribution is -2.27. The van der Waals surface area contributed by atoms with E-state index in [9.17, 15) is 19.7 Å². The van der Waals surface area contributed by atoms with Crippen LogP contribution in [-0.4, -0.2) is 35.2 Å². The third kappa shape index (κ3) is 4.02. The number of amides is 2. The van der Waals surface area contributed by atoms with E-state index in [0.29, 0.717) is 22.6 Å². The summed E-state index contributed by atoms with van der Waals surface area (Å²) in [4.78, 5) is 37.4. The van der Waals surface area contributed by atoms with Crippen LogP contribution in [0.5, 0.6) is 11.5 Å². The number of imide groups is 1. The fourth-order valence-corrected chi connectivity index (χ4v) is 4.29. The largest absolute Gasteiger partial charge is 0.497 e. The molecule has 3 aromatic carbocycles. The van der Waals surface area contributed by atoms with Crippen LogP contribution in [0.15, 0.2) is 59.5 Å². The average molecular weight is 450 g/mol. The predicted molar refractivity (Wildman–Crippen MR) is 122 cm³/mol. The first kappa shape index (κ1) is 21.4. The van der Waals surface area contributed by atoms with Crippen LogP contribution in [0.25, 0.3) is 16.8 Å². The first-order valence-electron chi connectivity index (χ1n) is 9.54. The molecule has 0 unspecified atom stereocenters. The topological polar surface area (TPSA) is 99.0 Å². The van der Waals surface area contributed by atoms with Crippen LogP contribution in [0.2, 0.25) is 0 Å². The number of methoxy groups -OCH3 is 2. The number of carbonyl (C=O) groups is 2. The molecule has 0 saturated carbocycles. The predicted octanol–water partition coefficient (Wildman–Crippen LogP) is 5.00. The second-order valence-corrected chi connectivity index (χ2v) is 7.96. The van der Waals surface area contributed by atoms with E-state index in [2.05, 4.69) is 0 Å². The van der Waals surface area contributed by atoms with Gasteiger partial charge in [0.05, 0.1) is 30.6 Å². The molecular weight excluding hydrogens is 432 g/mol. The molecule has 0 radical (unpaired) electrons. The van der Waals surface area contributed by atoms with Gasteiger partial charge in [0.1, 0.15) is 11.5 Å². The number of nitrogens with zero attached hydrogens (tertiary/aromatic N) is 2. The van der Waals surface area contributed by atoms with Crippen molar-refractivity contribution < 1.29 is 24.0 Å². The van der Waals surface area contributed by atoms with Gasteiger partial charge in [0, 0.05) is 17.7 Å². The normalized spacial score (nSPS) is 14.9. The Labute approximate surface area is 187 Å². The van der Waals surface area contributed by atoms with Crippen molar-refractivity contribution >= 4 is 45.4 Å². The van der Waals surface area contributed by atoms with Crippen molar-refractivity contribution in [3.05, 3.63) is 80.7 Å². The van der Waals surface area contributed by atoms with Gasteiger partial charge in [-0.3, -0.25) is 24.6 Å². The number of non-ortho nitro benzene ring substituents is 1. The maximum absolute atomic E-state index is 13.0. The van der Waals surface area contributed by atoms with Crippen molar-refractivity contribution in [2.24, 2.45) is 0 Å². The molecule has 0 bridgehead atoms. The van der Waals surface area contributed by atoms with Crippen LogP contribution >= 0.6 is 11.8 Å². The number of nitro benzene ring substituents is 1. The van der Waals surface area contributed by atoms with E-state index in [1.807, 2.05) is 24.3 Å². The lowest BCUT2D eigenvalue weighted by atomic mass is 10.0. The van der Waals surface area contributed by atoms with E-state index < -0.39 is 16.1 Å². The van der Waals surface area contributed by atoms with Crippen molar-refractivity contribution in [3.8, 4) is 11.5 Å². The number of nitro groups is 1. The Kier molecular flexibility index (Phi) is 5.83. The van der Waals surface area contributed by atoms with E-state index in [1.54, 1.807) is 25.3 Å². The molecule has 0 N–H and O–H groups in total. The molecule has 9 heteroatoms. The van der Waals surface area contributed by atoms with Crippen molar-refractivity contribution in [2.75, 3.05) is 14.2 Å². The zero-order chi connectivity index (χ0) is 22.8. The lowest BCUT2D eigenvalue weighted by molar-refractivity contribution is -0.384. The van der Waals surface area contributed by atoms with Gasteiger partial charge in [0.2, 0.25) is 0 Å². The van der Waals surface area contributed by atoms with Crippen LogP contribution in [0.3, 0.4) is 0 Å². The van der Waals surface area contributed by atoms with Gasteiger partial charge >= 0.3 is 0 Å². The molecule has 4 rings (SSSR count). The summed E-state index contributed by atoms with van der Waals surface area (Å²) in [5.74, 6) is 0.740. The fraction of sp³-hybridized carbons (Fsp3) is 0.130. The number of hydrogen-bond acceptors (Lipinski definition) is 7. The Morgan fingerprint density at radius 3 is 2.56 bits per heavy atom. The van der Waals surface area contributed by atoms with E-state index in [-0.39, 0.29) is 17.1 Å². The Morgan fingerprint density at radius 2 is 1.84 bits per heavy atom. The van der Waals surface area contributed by atoms with Gasteiger partial charge < -0.3 is 9.47 Å². The van der Waals surface area contributed by atoms with Crippen LogP contribution in [0, 0.1) is 10.1 Å². The van der Waals surface area contributed by atoms with Crippen molar-refractivity contribution in [1.29, 1.82) is 0 Å². The van der Waals surface area contributed by atoms with Gasteiger partial charge in [-0.2, -0.15) is 0 Å². The number of rotatable bonds is 6. The highest BCUT2D eigenvalue weighted by Crippen LogP contribution is 2.38. The molecule has 0 aliphatic carbocycles. The standard InChI is InChI=1S/C23H18N2O6S/c1-30-17-8-6-15-7-9-20(31-2)19(18(15)11-17)12-21-22(26)24(23(27)32-21)13-14-4-3-5-16(10-14)25(28)29/h3-12H,13H2,1-2H3/b21-12-. The molecule has 1 heterocycles. The summed E-state index contributed by atoms with van der Waals surface area (Å²) in [6.07, 6.45) is 1.64. The molecule has 3 aromatic rings. The summed E-state index contributed by atoms with van der Waals surface area (Å²) in [5, 5.41) is 12.3. The van der Waals surface area contributed by atoms with Crippen LogP contribution in [0.1, 0.15) is 11.1 Å². The summed E-state index contributed by atoms with van der Waals surface area (Å²) in [6.45, 7) is -0.0514. The minimum absolute atomic E-state index is 0.0514. The minimum atomic E-state index is -0.516. The second-order valence-electron chi connectivity index (χ2n) is 6.96. The number of ether oxygens (including phenoxy) is 2. The van der Waals surface area contributed by atoms with Gasteiger partial charge in [-0.15, -0.1) is 0 Å². The highest BCUT2D eigenvalue weighted by molar-refractivity contribution is 8.18. The molecule has 1 aliphatic heterocycles. The molecule has 1 fully saturated rings. The van der Waals surface area contributed by atoms with Crippen molar-refractivity contribution in [2.45, 2.75) is 6.54 Å². The summed E-state index contributed by atoms with van der Waals surface area (Å²) >= 11 is 0.822. The molecule has 32 heavy (non-hydrogen) atoms. The Morgan fingerprint density at radius 1 is 1.06 bits per heavy atom. The third-order valence-electron chi connectivity index (χ3n) is 5.06. The number of hydrogen-bond donors (Lipinski definition) is 0. The second kappa shape index (κ2) is 8.72. The van der Waals surface area contributed by atoms with Crippen LogP contribution < -0.4 is 9.47 Å². The Bertz CT molecular complexity index is 1280. The summed E-state index contributed by atoms with van der Waals surface area (Å²) in [5.41, 5.74) is 1.06. The zero-order valence-corrected chi connectivity index (χ0v) is 18.0. The SMILES string of the molecule is COc1ccc2ccc(OC)c(/C=C3\SC(=O)N(Cc4cccc([N+](=O)[O-])c4)C3=O)c2c1. The summed E-state index contributed by atoms with van der Waals surface area (Å²) < 4.78 is 10.8.